The zero-order valence-electron chi connectivity index (χ0n) is 12.4. The summed E-state index contributed by atoms with van der Waals surface area (Å²) in [6, 6.07) is 8.91. The van der Waals surface area contributed by atoms with Crippen LogP contribution in [0.3, 0.4) is 0 Å². The summed E-state index contributed by atoms with van der Waals surface area (Å²) < 4.78 is 23.2. The summed E-state index contributed by atoms with van der Waals surface area (Å²) in [6.45, 7) is 5.16. The van der Waals surface area contributed by atoms with Crippen molar-refractivity contribution in [3.63, 3.8) is 0 Å². The number of sulfone groups is 1. The van der Waals surface area contributed by atoms with Gasteiger partial charge in [0.1, 0.15) is 0 Å². The van der Waals surface area contributed by atoms with E-state index in [2.05, 4.69) is 43.4 Å². The molecule has 1 aliphatic rings. The summed E-state index contributed by atoms with van der Waals surface area (Å²) in [5.41, 5.74) is 2.62. The Morgan fingerprint density at radius 2 is 2.15 bits per heavy atom. The minimum absolute atomic E-state index is 0.268. The predicted molar refractivity (Wildman–Crippen MR) is 83.6 cm³/mol. The summed E-state index contributed by atoms with van der Waals surface area (Å²) in [5, 5.41) is 3.51. The molecule has 3 nitrogen and oxygen atoms in total. The minimum atomic E-state index is -2.78. The van der Waals surface area contributed by atoms with Crippen LogP contribution >= 0.6 is 0 Å². The van der Waals surface area contributed by atoms with Gasteiger partial charge in [0.15, 0.2) is 9.84 Å². The molecule has 0 spiro atoms. The number of aryl methyl sites for hydroxylation is 1. The van der Waals surface area contributed by atoms with Crippen LogP contribution in [0.25, 0.3) is 0 Å². The van der Waals surface area contributed by atoms with Crippen molar-refractivity contribution >= 4 is 9.84 Å². The quantitative estimate of drug-likeness (QED) is 0.878. The minimum Gasteiger partial charge on any atom is -0.310 e. The maximum absolute atomic E-state index is 11.6. The van der Waals surface area contributed by atoms with Gasteiger partial charge in [-0.25, -0.2) is 8.42 Å². The first-order chi connectivity index (χ1) is 9.54. The standard InChI is InChI=1S/C16H25NO2S/c1-3-13-6-5-7-15(10-13)16(17-4-2)11-14-8-9-20(18,19)12-14/h5-7,10,14,16-17H,3-4,8-9,11-12H2,1-2H3. The molecule has 1 aromatic rings. The Morgan fingerprint density at radius 3 is 2.75 bits per heavy atom. The molecule has 112 valence electrons. The normalized spacial score (nSPS) is 22.8. The van der Waals surface area contributed by atoms with Gasteiger partial charge in [0.25, 0.3) is 0 Å². The largest absolute Gasteiger partial charge is 0.310 e. The van der Waals surface area contributed by atoms with E-state index in [1.165, 1.54) is 11.1 Å². The van der Waals surface area contributed by atoms with Gasteiger partial charge in [0.05, 0.1) is 11.5 Å². The fourth-order valence-electron chi connectivity index (χ4n) is 3.00. The van der Waals surface area contributed by atoms with Gasteiger partial charge in [-0.05, 0) is 42.9 Å². The average molecular weight is 295 g/mol. The van der Waals surface area contributed by atoms with Gasteiger partial charge in [-0.2, -0.15) is 0 Å². The molecule has 0 aliphatic carbocycles. The molecular weight excluding hydrogens is 270 g/mol. The van der Waals surface area contributed by atoms with Gasteiger partial charge in [0, 0.05) is 6.04 Å². The van der Waals surface area contributed by atoms with Crippen LogP contribution in [0.15, 0.2) is 24.3 Å². The molecule has 1 aromatic carbocycles. The van der Waals surface area contributed by atoms with Gasteiger partial charge in [-0.15, -0.1) is 0 Å². The van der Waals surface area contributed by atoms with Crippen LogP contribution in [0, 0.1) is 5.92 Å². The lowest BCUT2D eigenvalue weighted by molar-refractivity contribution is 0.421. The smallest absolute Gasteiger partial charge is 0.150 e. The Bertz CT molecular complexity index is 539. The Morgan fingerprint density at radius 1 is 1.35 bits per heavy atom. The summed E-state index contributed by atoms with van der Waals surface area (Å²) >= 11 is 0. The molecule has 0 radical (unpaired) electrons. The van der Waals surface area contributed by atoms with Gasteiger partial charge >= 0.3 is 0 Å². The summed E-state index contributed by atoms with van der Waals surface area (Å²) in [4.78, 5) is 0. The van der Waals surface area contributed by atoms with Crippen LogP contribution < -0.4 is 5.32 Å². The third-order valence-electron chi connectivity index (χ3n) is 4.11. The Labute approximate surface area is 122 Å². The second kappa shape index (κ2) is 6.72. The molecule has 1 heterocycles. The second-order valence-corrected chi connectivity index (χ2v) is 7.94. The highest BCUT2D eigenvalue weighted by Crippen LogP contribution is 2.29. The van der Waals surface area contributed by atoms with Crippen molar-refractivity contribution in [2.75, 3.05) is 18.1 Å². The van der Waals surface area contributed by atoms with Crippen molar-refractivity contribution in [2.45, 2.75) is 39.2 Å². The lowest BCUT2D eigenvalue weighted by atomic mass is 9.93. The van der Waals surface area contributed by atoms with Crippen molar-refractivity contribution in [3.05, 3.63) is 35.4 Å². The maximum Gasteiger partial charge on any atom is 0.150 e. The molecule has 0 bridgehead atoms. The molecule has 1 aliphatic heterocycles. The third kappa shape index (κ3) is 4.06. The third-order valence-corrected chi connectivity index (χ3v) is 5.94. The molecule has 1 N–H and O–H groups in total. The van der Waals surface area contributed by atoms with E-state index in [-0.39, 0.29) is 6.04 Å². The first-order valence-electron chi connectivity index (χ1n) is 7.56. The molecule has 20 heavy (non-hydrogen) atoms. The van der Waals surface area contributed by atoms with Crippen molar-refractivity contribution in [1.82, 2.24) is 5.32 Å². The van der Waals surface area contributed by atoms with Crippen LogP contribution in [0.1, 0.15) is 43.9 Å². The van der Waals surface area contributed by atoms with Gasteiger partial charge in [-0.3, -0.25) is 0 Å². The van der Waals surface area contributed by atoms with Crippen molar-refractivity contribution < 1.29 is 8.42 Å². The first kappa shape index (κ1) is 15.5. The van der Waals surface area contributed by atoms with E-state index in [9.17, 15) is 8.42 Å². The van der Waals surface area contributed by atoms with Gasteiger partial charge < -0.3 is 5.32 Å². The van der Waals surface area contributed by atoms with Crippen LogP contribution in [-0.4, -0.2) is 26.5 Å². The van der Waals surface area contributed by atoms with Crippen molar-refractivity contribution in [3.8, 4) is 0 Å². The molecule has 2 atom stereocenters. The van der Waals surface area contributed by atoms with Crippen LogP contribution in [0.4, 0.5) is 0 Å². The van der Waals surface area contributed by atoms with E-state index in [4.69, 9.17) is 0 Å². The summed E-state index contributed by atoms with van der Waals surface area (Å²) in [6.07, 6.45) is 2.77. The van der Waals surface area contributed by atoms with Gasteiger partial charge in [-0.1, -0.05) is 38.1 Å². The number of benzene rings is 1. The fourth-order valence-corrected chi connectivity index (χ4v) is 4.88. The molecule has 2 unspecified atom stereocenters. The molecular formula is C16H25NO2S. The van der Waals surface area contributed by atoms with E-state index in [0.717, 1.165) is 25.8 Å². The Hall–Kier alpha value is -0.870. The fraction of sp³-hybridized carbons (Fsp3) is 0.625. The van der Waals surface area contributed by atoms with E-state index in [1.807, 2.05) is 0 Å². The van der Waals surface area contributed by atoms with Gasteiger partial charge in [0.2, 0.25) is 0 Å². The lowest BCUT2D eigenvalue weighted by Gasteiger charge is -2.22. The molecule has 1 saturated heterocycles. The Balaban J connectivity index is 2.10. The number of nitrogens with one attached hydrogen (secondary N) is 1. The van der Waals surface area contributed by atoms with Crippen LogP contribution in [-0.2, 0) is 16.3 Å². The highest BCUT2D eigenvalue weighted by Gasteiger charge is 2.30. The van der Waals surface area contributed by atoms with Crippen molar-refractivity contribution in [2.24, 2.45) is 5.92 Å². The van der Waals surface area contributed by atoms with E-state index < -0.39 is 9.84 Å². The first-order valence-corrected chi connectivity index (χ1v) is 9.39. The molecule has 2 rings (SSSR count). The molecule has 4 heteroatoms. The van der Waals surface area contributed by atoms with E-state index in [0.29, 0.717) is 17.4 Å². The van der Waals surface area contributed by atoms with Crippen molar-refractivity contribution in [1.29, 1.82) is 0 Å². The monoisotopic (exact) mass is 295 g/mol. The lowest BCUT2D eigenvalue weighted by Crippen LogP contribution is -2.24. The zero-order chi connectivity index (χ0) is 14.6. The summed E-state index contributed by atoms with van der Waals surface area (Å²) in [5.74, 6) is 1.03. The second-order valence-electron chi connectivity index (χ2n) is 5.71. The Kier molecular flexibility index (Phi) is 5.22. The summed E-state index contributed by atoms with van der Waals surface area (Å²) in [7, 11) is -2.78. The molecule has 1 fully saturated rings. The predicted octanol–water partition coefficient (Wildman–Crippen LogP) is 2.72. The maximum atomic E-state index is 11.6. The number of hydrogen-bond donors (Lipinski definition) is 1. The molecule has 0 amide bonds. The SMILES string of the molecule is CCNC(CC1CCS(=O)(=O)C1)c1cccc(CC)c1. The molecule has 0 aromatic heterocycles. The molecule has 0 saturated carbocycles. The highest BCUT2D eigenvalue weighted by atomic mass is 32.2. The van der Waals surface area contributed by atoms with Crippen LogP contribution in [0.2, 0.25) is 0 Å². The topological polar surface area (TPSA) is 46.2 Å². The zero-order valence-corrected chi connectivity index (χ0v) is 13.2. The number of hydrogen-bond acceptors (Lipinski definition) is 3. The average Bonchev–Trinajstić information content (AvgIpc) is 2.77. The number of rotatable bonds is 6. The highest BCUT2D eigenvalue weighted by molar-refractivity contribution is 7.91. The van der Waals surface area contributed by atoms with E-state index in [1.54, 1.807) is 0 Å². The van der Waals surface area contributed by atoms with Crippen LogP contribution in [0.5, 0.6) is 0 Å². The van der Waals surface area contributed by atoms with E-state index >= 15 is 0 Å².